The predicted molar refractivity (Wildman–Crippen MR) is 147 cm³/mol. The molecule has 8 nitrogen and oxygen atoms in total. The van der Waals surface area contributed by atoms with Gasteiger partial charge in [0.25, 0.3) is 5.91 Å². The summed E-state index contributed by atoms with van der Waals surface area (Å²) in [4.78, 5) is 40.7. The number of hydrogen-bond acceptors (Lipinski definition) is 6. The zero-order valence-corrected chi connectivity index (χ0v) is 22.4. The second-order valence-electron chi connectivity index (χ2n) is 9.04. The number of halogens is 2. The number of nitrogens with one attached hydrogen (secondary N) is 3. The number of ketones is 1. The number of ether oxygens (including phenoxy) is 2. The molecule has 0 bridgehead atoms. The van der Waals surface area contributed by atoms with Crippen LogP contribution in [0, 0.1) is 5.92 Å². The standard InChI is InChI=1S/C28H29Cl2N3O5/c1-37-23-6-3-19(14-24(23)38-13-10-17-2-5-21(29)15-22(17)30)28(36)33-26(18-8-11-31-12-9-18)27(35)20-4-7-25(34)32-16-20/h2-7,14-16,18,26,31H,8-13H2,1H3,(H,32,34)(H,33,36). The molecule has 1 fully saturated rings. The fourth-order valence-corrected chi connectivity index (χ4v) is 4.97. The monoisotopic (exact) mass is 557 g/mol. The van der Waals surface area contributed by atoms with E-state index in [9.17, 15) is 14.4 Å². The van der Waals surface area contributed by atoms with Gasteiger partial charge in [-0.2, -0.15) is 0 Å². The highest BCUT2D eigenvalue weighted by molar-refractivity contribution is 6.35. The van der Waals surface area contributed by atoms with Gasteiger partial charge in [0, 0.05) is 39.9 Å². The van der Waals surface area contributed by atoms with Gasteiger partial charge in [0.1, 0.15) is 0 Å². The SMILES string of the molecule is COc1ccc(C(=O)NC(C(=O)c2ccc(=O)[nH]c2)C2CCNCC2)cc1OCCc1ccc(Cl)cc1Cl. The molecule has 1 unspecified atom stereocenters. The number of rotatable bonds is 10. The van der Waals surface area contributed by atoms with Crippen LogP contribution in [0.4, 0.5) is 0 Å². The Labute approximate surface area is 230 Å². The zero-order chi connectivity index (χ0) is 27.1. The number of Topliss-reactive ketones (excluding diaryl/α,β-unsaturated/α-hetero) is 1. The molecule has 0 radical (unpaired) electrons. The number of H-pyrrole nitrogens is 1. The fourth-order valence-electron chi connectivity index (χ4n) is 4.47. The van der Waals surface area contributed by atoms with E-state index in [4.69, 9.17) is 32.7 Å². The first-order chi connectivity index (χ1) is 18.4. The van der Waals surface area contributed by atoms with E-state index in [2.05, 4.69) is 15.6 Å². The van der Waals surface area contributed by atoms with Gasteiger partial charge in [0.05, 0.1) is 19.8 Å². The Morgan fingerprint density at radius 2 is 1.79 bits per heavy atom. The third-order valence-electron chi connectivity index (χ3n) is 6.56. The minimum Gasteiger partial charge on any atom is -0.493 e. The molecule has 4 rings (SSSR count). The van der Waals surface area contributed by atoms with Crippen LogP contribution in [0.2, 0.25) is 10.0 Å². The number of piperidine rings is 1. The van der Waals surface area contributed by atoms with E-state index in [0.717, 1.165) is 31.5 Å². The van der Waals surface area contributed by atoms with Crippen LogP contribution in [-0.2, 0) is 6.42 Å². The van der Waals surface area contributed by atoms with Gasteiger partial charge in [-0.15, -0.1) is 0 Å². The van der Waals surface area contributed by atoms with Crippen LogP contribution in [0.3, 0.4) is 0 Å². The molecule has 0 aliphatic carbocycles. The van der Waals surface area contributed by atoms with E-state index in [1.165, 1.54) is 25.4 Å². The number of carbonyl (C=O) groups excluding carboxylic acids is 2. The van der Waals surface area contributed by atoms with Crippen LogP contribution < -0.4 is 25.7 Å². The minimum absolute atomic E-state index is 0.0438. The third kappa shape index (κ3) is 6.95. The second kappa shape index (κ2) is 13.0. The molecule has 1 atom stereocenters. The molecule has 1 aromatic heterocycles. The van der Waals surface area contributed by atoms with Crippen molar-refractivity contribution in [2.75, 3.05) is 26.8 Å². The number of aromatic nitrogens is 1. The number of benzene rings is 2. The summed E-state index contributed by atoms with van der Waals surface area (Å²) in [6.07, 6.45) is 3.40. The van der Waals surface area contributed by atoms with Crippen molar-refractivity contribution in [3.63, 3.8) is 0 Å². The zero-order valence-electron chi connectivity index (χ0n) is 20.9. The summed E-state index contributed by atoms with van der Waals surface area (Å²) >= 11 is 12.2. The van der Waals surface area contributed by atoms with Crippen molar-refractivity contribution < 1.29 is 19.1 Å². The lowest BCUT2D eigenvalue weighted by molar-refractivity contribution is 0.0805. The highest BCUT2D eigenvalue weighted by atomic mass is 35.5. The molecule has 3 N–H and O–H groups in total. The normalized spacial score (nSPS) is 14.5. The first-order valence-electron chi connectivity index (χ1n) is 12.3. The van der Waals surface area contributed by atoms with Gasteiger partial charge in [-0.05, 0) is 73.8 Å². The van der Waals surface area contributed by atoms with Crippen molar-refractivity contribution in [2.24, 2.45) is 5.92 Å². The largest absolute Gasteiger partial charge is 0.493 e. The molecule has 0 saturated carbocycles. The average molecular weight is 558 g/mol. The summed E-state index contributed by atoms with van der Waals surface area (Å²) in [5.41, 5.74) is 1.26. The maximum absolute atomic E-state index is 13.4. The van der Waals surface area contributed by atoms with E-state index in [0.29, 0.717) is 45.7 Å². The van der Waals surface area contributed by atoms with Crippen molar-refractivity contribution in [1.82, 2.24) is 15.6 Å². The molecule has 1 amide bonds. The number of aromatic amines is 1. The third-order valence-corrected chi connectivity index (χ3v) is 7.15. The van der Waals surface area contributed by atoms with Gasteiger partial charge in [-0.25, -0.2) is 0 Å². The molecule has 38 heavy (non-hydrogen) atoms. The van der Waals surface area contributed by atoms with E-state index in [1.54, 1.807) is 30.3 Å². The maximum atomic E-state index is 13.4. The van der Waals surface area contributed by atoms with Gasteiger partial charge >= 0.3 is 0 Å². The molecule has 2 aromatic carbocycles. The summed E-state index contributed by atoms with van der Waals surface area (Å²) < 4.78 is 11.4. The first kappa shape index (κ1) is 27.7. The molecule has 1 saturated heterocycles. The highest BCUT2D eigenvalue weighted by Crippen LogP contribution is 2.29. The Bertz CT molecular complexity index is 1330. The van der Waals surface area contributed by atoms with Crippen LogP contribution in [0.5, 0.6) is 11.5 Å². The number of pyridine rings is 1. The Hall–Kier alpha value is -3.33. The second-order valence-corrected chi connectivity index (χ2v) is 9.89. The molecule has 0 spiro atoms. The van der Waals surface area contributed by atoms with Crippen molar-refractivity contribution in [1.29, 1.82) is 0 Å². The Morgan fingerprint density at radius 1 is 1.03 bits per heavy atom. The van der Waals surface area contributed by atoms with E-state index < -0.39 is 11.9 Å². The van der Waals surface area contributed by atoms with E-state index in [1.807, 2.05) is 6.07 Å². The summed E-state index contributed by atoms with van der Waals surface area (Å²) in [5, 5.41) is 7.33. The quantitative estimate of drug-likeness (QED) is 0.321. The van der Waals surface area contributed by atoms with Crippen molar-refractivity contribution in [2.45, 2.75) is 25.3 Å². The Morgan fingerprint density at radius 3 is 2.47 bits per heavy atom. The van der Waals surface area contributed by atoms with Gasteiger partial charge in [-0.1, -0.05) is 29.3 Å². The summed E-state index contributed by atoms with van der Waals surface area (Å²) in [7, 11) is 1.52. The van der Waals surface area contributed by atoms with Crippen LogP contribution in [0.15, 0.2) is 59.5 Å². The molecule has 1 aliphatic rings. The van der Waals surface area contributed by atoms with Crippen molar-refractivity contribution >= 4 is 34.9 Å². The molecule has 200 valence electrons. The lowest BCUT2D eigenvalue weighted by atomic mass is 9.85. The smallest absolute Gasteiger partial charge is 0.252 e. The number of carbonyl (C=O) groups is 2. The first-order valence-corrected chi connectivity index (χ1v) is 13.1. The average Bonchev–Trinajstić information content (AvgIpc) is 2.93. The molecular formula is C28H29Cl2N3O5. The lowest BCUT2D eigenvalue weighted by Gasteiger charge is -2.30. The topological polar surface area (TPSA) is 110 Å². The molecule has 1 aliphatic heterocycles. The van der Waals surface area contributed by atoms with Gasteiger partial charge in [-0.3, -0.25) is 14.4 Å². The molecule has 10 heteroatoms. The van der Waals surface area contributed by atoms with Crippen molar-refractivity contribution in [3.8, 4) is 11.5 Å². The molecule has 2 heterocycles. The van der Waals surface area contributed by atoms with Crippen LogP contribution >= 0.6 is 23.2 Å². The highest BCUT2D eigenvalue weighted by Gasteiger charge is 2.32. The summed E-state index contributed by atoms with van der Waals surface area (Å²) in [5.74, 6) is 0.183. The number of hydrogen-bond donors (Lipinski definition) is 3. The summed E-state index contributed by atoms with van der Waals surface area (Å²) in [6.45, 7) is 1.81. The Balaban J connectivity index is 1.50. The fraction of sp³-hybridized carbons (Fsp3) is 0.321. The molecule has 3 aromatic rings. The minimum atomic E-state index is -0.742. The van der Waals surface area contributed by atoms with Crippen molar-refractivity contribution in [3.05, 3.63) is 91.8 Å². The number of methoxy groups -OCH3 is 1. The van der Waals surface area contributed by atoms with Crippen LogP contribution in [0.1, 0.15) is 39.1 Å². The van der Waals surface area contributed by atoms with Gasteiger partial charge in [0.2, 0.25) is 5.56 Å². The lowest BCUT2D eigenvalue weighted by Crippen LogP contribution is -2.49. The van der Waals surface area contributed by atoms with E-state index >= 15 is 0 Å². The Kier molecular flexibility index (Phi) is 9.44. The van der Waals surface area contributed by atoms with Gasteiger partial charge in [0.15, 0.2) is 17.3 Å². The predicted octanol–water partition coefficient (Wildman–Crippen LogP) is 4.29. The molecular weight excluding hydrogens is 529 g/mol. The van der Waals surface area contributed by atoms with E-state index in [-0.39, 0.29) is 17.3 Å². The number of amides is 1. The summed E-state index contributed by atoms with van der Waals surface area (Å²) in [6, 6.07) is 12.2. The van der Waals surface area contributed by atoms with Gasteiger partial charge < -0.3 is 25.1 Å². The maximum Gasteiger partial charge on any atom is 0.252 e. The van der Waals surface area contributed by atoms with Crippen LogP contribution in [-0.4, -0.2) is 49.5 Å². The van der Waals surface area contributed by atoms with Crippen LogP contribution in [0.25, 0.3) is 0 Å².